The van der Waals surface area contributed by atoms with Crippen molar-refractivity contribution in [2.45, 2.75) is 33.1 Å². The molecule has 0 aliphatic rings. The van der Waals surface area contributed by atoms with Gasteiger partial charge in [0.25, 0.3) is 0 Å². The summed E-state index contributed by atoms with van der Waals surface area (Å²) in [6.45, 7) is 7.69. The summed E-state index contributed by atoms with van der Waals surface area (Å²) in [5, 5.41) is 9.09. The first-order valence-electron chi connectivity index (χ1n) is 5.98. The zero-order chi connectivity index (χ0) is 14.6. The van der Waals surface area contributed by atoms with E-state index in [4.69, 9.17) is 9.84 Å². The molecule has 1 aromatic rings. The number of carboxylic acid groups (broad SMARTS) is 1. The van der Waals surface area contributed by atoms with Gasteiger partial charge in [0.05, 0.1) is 0 Å². The highest BCUT2D eigenvalue weighted by atomic mass is 16.5. The van der Waals surface area contributed by atoms with Crippen molar-refractivity contribution in [3.05, 3.63) is 41.5 Å². The average molecular weight is 262 g/mol. The largest absolute Gasteiger partial charge is 0.478 e. The van der Waals surface area contributed by atoms with Gasteiger partial charge in [-0.1, -0.05) is 32.9 Å². The van der Waals surface area contributed by atoms with Gasteiger partial charge in [0.1, 0.15) is 11.3 Å². The molecule has 0 heterocycles. The molecule has 1 N–H and O–H groups in total. The van der Waals surface area contributed by atoms with Crippen LogP contribution in [0.5, 0.6) is 5.75 Å². The van der Waals surface area contributed by atoms with Crippen molar-refractivity contribution in [1.82, 2.24) is 0 Å². The molecule has 4 nitrogen and oxygen atoms in total. The topological polar surface area (TPSA) is 63.6 Å². The van der Waals surface area contributed by atoms with E-state index < -0.39 is 11.9 Å². The Balaban J connectivity index is 3.23. The Bertz CT molecular complexity index is 521. The van der Waals surface area contributed by atoms with Crippen LogP contribution >= 0.6 is 0 Å². The number of hydrogen-bond donors (Lipinski definition) is 1. The highest BCUT2D eigenvalue weighted by Crippen LogP contribution is 2.28. The lowest BCUT2D eigenvalue weighted by atomic mass is 9.86. The fourth-order valence-electron chi connectivity index (χ4n) is 1.53. The van der Waals surface area contributed by atoms with Gasteiger partial charge < -0.3 is 9.84 Å². The van der Waals surface area contributed by atoms with Crippen molar-refractivity contribution in [3.63, 3.8) is 0 Å². The van der Waals surface area contributed by atoms with Gasteiger partial charge in [-0.25, -0.2) is 9.59 Å². The molecule has 0 spiro atoms. The van der Waals surface area contributed by atoms with Gasteiger partial charge >= 0.3 is 11.9 Å². The van der Waals surface area contributed by atoms with Gasteiger partial charge in [-0.05, 0) is 30.0 Å². The van der Waals surface area contributed by atoms with Crippen LogP contribution in [0.4, 0.5) is 0 Å². The van der Waals surface area contributed by atoms with Gasteiger partial charge in [-0.2, -0.15) is 0 Å². The maximum atomic E-state index is 11.4. The van der Waals surface area contributed by atoms with E-state index in [1.165, 1.54) is 18.2 Å². The maximum Gasteiger partial charge on any atom is 0.339 e. The smallest absolute Gasteiger partial charge is 0.339 e. The Hall–Kier alpha value is -2.10. The van der Waals surface area contributed by atoms with Crippen LogP contribution in [-0.4, -0.2) is 17.0 Å². The number of esters is 1. The number of hydrogen-bond acceptors (Lipinski definition) is 3. The van der Waals surface area contributed by atoms with Crippen LogP contribution in [0.2, 0.25) is 0 Å². The minimum Gasteiger partial charge on any atom is -0.478 e. The van der Waals surface area contributed by atoms with Crippen molar-refractivity contribution in [1.29, 1.82) is 0 Å². The maximum absolute atomic E-state index is 11.4. The lowest BCUT2D eigenvalue weighted by Crippen LogP contribution is -2.14. The highest BCUT2D eigenvalue weighted by Gasteiger charge is 2.19. The summed E-state index contributed by atoms with van der Waals surface area (Å²) in [7, 11) is 0. The molecule has 0 amide bonds. The molecule has 1 rings (SSSR count). The molecule has 0 fully saturated rings. The van der Waals surface area contributed by atoms with E-state index in [1.807, 2.05) is 20.8 Å². The Morgan fingerprint density at radius 1 is 1.26 bits per heavy atom. The second-order valence-electron chi connectivity index (χ2n) is 5.19. The standard InChI is InChI=1S/C15H18O4/c1-5-6-13(16)19-12-9-10(15(2,3)4)7-8-11(12)14(17)18/h5-9H,1-4H3,(H,17,18)/b6-5+. The fraction of sp³-hybridized carbons (Fsp3) is 0.333. The first-order valence-corrected chi connectivity index (χ1v) is 5.98. The quantitative estimate of drug-likeness (QED) is 0.516. The normalized spacial score (nSPS) is 11.6. The van der Waals surface area contributed by atoms with Gasteiger partial charge in [0, 0.05) is 6.08 Å². The van der Waals surface area contributed by atoms with E-state index in [0.29, 0.717) is 0 Å². The second-order valence-corrected chi connectivity index (χ2v) is 5.19. The number of rotatable bonds is 3. The van der Waals surface area contributed by atoms with E-state index in [9.17, 15) is 9.59 Å². The van der Waals surface area contributed by atoms with Crippen molar-refractivity contribution >= 4 is 11.9 Å². The van der Waals surface area contributed by atoms with Crippen molar-refractivity contribution in [2.75, 3.05) is 0 Å². The second kappa shape index (κ2) is 5.69. The number of carbonyl (C=O) groups is 2. The summed E-state index contributed by atoms with van der Waals surface area (Å²) in [6, 6.07) is 4.79. The number of allylic oxidation sites excluding steroid dienone is 1. The van der Waals surface area contributed by atoms with Crippen molar-refractivity contribution in [3.8, 4) is 5.75 Å². The summed E-state index contributed by atoms with van der Waals surface area (Å²) < 4.78 is 5.08. The van der Waals surface area contributed by atoms with Gasteiger partial charge in [-0.3, -0.25) is 0 Å². The number of ether oxygens (including phenoxy) is 1. The predicted molar refractivity (Wildman–Crippen MR) is 72.6 cm³/mol. The Labute approximate surface area is 112 Å². The summed E-state index contributed by atoms with van der Waals surface area (Å²) in [5.41, 5.74) is 0.727. The SMILES string of the molecule is C/C=C/C(=O)Oc1cc(C(C)(C)C)ccc1C(=O)O. The zero-order valence-corrected chi connectivity index (χ0v) is 11.6. The molecule has 1 aromatic carbocycles. The molecule has 0 atom stereocenters. The lowest BCUT2D eigenvalue weighted by Gasteiger charge is -2.20. The number of carbonyl (C=O) groups excluding carboxylic acids is 1. The van der Waals surface area contributed by atoms with E-state index >= 15 is 0 Å². The van der Waals surface area contributed by atoms with E-state index in [2.05, 4.69) is 0 Å². The predicted octanol–water partition coefficient (Wildman–Crippen LogP) is 3.16. The monoisotopic (exact) mass is 262 g/mol. The van der Waals surface area contributed by atoms with Gasteiger partial charge in [-0.15, -0.1) is 0 Å². The first kappa shape index (κ1) is 15.0. The molecule has 19 heavy (non-hydrogen) atoms. The van der Waals surface area contributed by atoms with Crippen molar-refractivity contribution < 1.29 is 19.4 Å². The molecular formula is C15H18O4. The molecule has 4 heteroatoms. The molecule has 0 unspecified atom stereocenters. The fourth-order valence-corrected chi connectivity index (χ4v) is 1.53. The van der Waals surface area contributed by atoms with E-state index in [0.717, 1.165) is 5.56 Å². The van der Waals surface area contributed by atoms with E-state index in [-0.39, 0.29) is 16.7 Å². The van der Waals surface area contributed by atoms with E-state index in [1.54, 1.807) is 19.1 Å². The molecule has 0 radical (unpaired) electrons. The van der Waals surface area contributed by atoms with Crippen LogP contribution in [0.1, 0.15) is 43.6 Å². The zero-order valence-electron chi connectivity index (χ0n) is 11.6. The first-order chi connectivity index (χ1) is 8.75. The molecule has 0 saturated carbocycles. The average Bonchev–Trinajstić information content (AvgIpc) is 2.27. The third-order valence-electron chi connectivity index (χ3n) is 2.59. The minimum atomic E-state index is -1.12. The molecule has 0 saturated heterocycles. The molecular weight excluding hydrogens is 244 g/mol. The van der Waals surface area contributed by atoms with Crippen molar-refractivity contribution in [2.24, 2.45) is 0 Å². The number of carboxylic acids is 1. The summed E-state index contributed by atoms with van der Waals surface area (Å²) >= 11 is 0. The molecule has 0 aliphatic heterocycles. The minimum absolute atomic E-state index is 0.0224. The summed E-state index contributed by atoms with van der Waals surface area (Å²) in [6.07, 6.45) is 2.78. The van der Waals surface area contributed by atoms with Crippen LogP contribution < -0.4 is 4.74 Å². The van der Waals surface area contributed by atoms with Gasteiger partial charge in [0.2, 0.25) is 0 Å². The van der Waals surface area contributed by atoms with Crippen LogP contribution in [0.3, 0.4) is 0 Å². The summed E-state index contributed by atoms with van der Waals surface area (Å²) in [4.78, 5) is 22.6. The molecule has 102 valence electrons. The molecule has 0 aliphatic carbocycles. The third-order valence-corrected chi connectivity index (χ3v) is 2.59. The molecule has 0 bridgehead atoms. The lowest BCUT2D eigenvalue weighted by molar-refractivity contribution is -0.129. The number of benzene rings is 1. The van der Waals surface area contributed by atoms with Crippen LogP contribution in [0.25, 0.3) is 0 Å². The number of aromatic carboxylic acids is 1. The van der Waals surface area contributed by atoms with Crippen LogP contribution in [0, 0.1) is 0 Å². The third kappa shape index (κ3) is 3.95. The Morgan fingerprint density at radius 3 is 2.37 bits per heavy atom. The summed E-state index contributed by atoms with van der Waals surface area (Å²) in [5.74, 6) is -1.64. The Kier molecular flexibility index (Phi) is 4.48. The highest BCUT2D eigenvalue weighted by molar-refractivity contribution is 5.93. The van der Waals surface area contributed by atoms with Crippen LogP contribution in [-0.2, 0) is 10.2 Å². The van der Waals surface area contributed by atoms with Crippen LogP contribution in [0.15, 0.2) is 30.4 Å². The van der Waals surface area contributed by atoms with Gasteiger partial charge in [0.15, 0.2) is 0 Å². The molecule has 0 aromatic heterocycles. The Morgan fingerprint density at radius 2 is 1.89 bits per heavy atom.